The van der Waals surface area contributed by atoms with Crippen LogP contribution in [-0.4, -0.2) is 26.1 Å². The van der Waals surface area contributed by atoms with Gasteiger partial charge >= 0.3 is 5.97 Å². The third-order valence-electron chi connectivity index (χ3n) is 3.63. The quantitative estimate of drug-likeness (QED) is 0.444. The molecule has 138 valence electrons. The Morgan fingerprint density at radius 2 is 1.93 bits per heavy atom. The molecule has 7 heteroatoms. The Labute approximate surface area is 157 Å². The number of hydrogen-bond acceptors (Lipinski definition) is 6. The number of esters is 1. The summed E-state index contributed by atoms with van der Waals surface area (Å²) in [6.45, 7) is 0.411. The second kappa shape index (κ2) is 9.63. The monoisotopic (exact) mass is 365 g/mol. The Kier molecular flexibility index (Phi) is 6.97. The zero-order valence-corrected chi connectivity index (χ0v) is 15.0. The number of rotatable bonds is 7. The average Bonchev–Trinajstić information content (AvgIpc) is 2.71. The highest BCUT2D eigenvalue weighted by Gasteiger charge is 2.15. The third kappa shape index (κ3) is 5.34. The minimum Gasteiger partial charge on any atom is -0.497 e. The molecule has 7 nitrogen and oxygen atoms in total. The van der Waals surface area contributed by atoms with Crippen LogP contribution >= 0.6 is 0 Å². The number of benzene rings is 2. The summed E-state index contributed by atoms with van der Waals surface area (Å²) >= 11 is 0. The Morgan fingerprint density at radius 1 is 1.15 bits per heavy atom. The van der Waals surface area contributed by atoms with Gasteiger partial charge in [-0.1, -0.05) is 24.3 Å². The highest BCUT2D eigenvalue weighted by atomic mass is 16.5. The maximum Gasteiger partial charge on any atom is 0.339 e. The molecule has 0 aliphatic carbocycles. The smallest absolute Gasteiger partial charge is 0.339 e. The SMILES string of the molecule is COC(=O)c1ccccc1NC(=O)/C(C#N)=C\NCc1cccc(OC)c1. The molecule has 0 radical (unpaired) electrons. The van der Waals surface area contributed by atoms with Crippen LogP contribution in [-0.2, 0) is 16.1 Å². The van der Waals surface area contributed by atoms with E-state index in [1.165, 1.54) is 19.4 Å². The molecule has 0 saturated heterocycles. The molecule has 0 atom stereocenters. The number of carbonyl (C=O) groups excluding carboxylic acids is 2. The molecule has 0 bridgehead atoms. The van der Waals surface area contributed by atoms with Crippen molar-refractivity contribution in [2.45, 2.75) is 6.54 Å². The highest BCUT2D eigenvalue weighted by Crippen LogP contribution is 2.17. The summed E-state index contributed by atoms with van der Waals surface area (Å²) in [5.74, 6) is -0.493. The van der Waals surface area contributed by atoms with Crippen molar-refractivity contribution in [3.63, 3.8) is 0 Å². The van der Waals surface area contributed by atoms with Gasteiger partial charge in [-0.2, -0.15) is 5.26 Å². The van der Waals surface area contributed by atoms with E-state index < -0.39 is 11.9 Å². The lowest BCUT2D eigenvalue weighted by atomic mass is 10.1. The lowest BCUT2D eigenvalue weighted by Crippen LogP contribution is -2.18. The average molecular weight is 365 g/mol. The van der Waals surface area contributed by atoms with Crippen LogP contribution in [0.15, 0.2) is 60.3 Å². The normalized spacial score (nSPS) is 10.5. The van der Waals surface area contributed by atoms with Crippen molar-refractivity contribution in [1.29, 1.82) is 5.26 Å². The largest absolute Gasteiger partial charge is 0.497 e. The second-order valence-corrected chi connectivity index (χ2v) is 5.39. The Bertz CT molecular complexity index is 900. The van der Waals surface area contributed by atoms with Gasteiger partial charge in [-0.05, 0) is 29.8 Å². The van der Waals surface area contributed by atoms with Gasteiger partial charge in [-0.15, -0.1) is 0 Å². The molecule has 2 aromatic rings. The van der Waals surface area contributed by atoms with Gasteiger partial charge in [-0.25, -0.2) is 4.79 Å². The fourth-order valence-corrected chi connectivity index (χ4v) is 2.27. The molecule has 27 heavy (non-hydrogen) atoms. The zero-order chi connectivity index (χ0) is 19.6. The van der Waals surface area contributed by atoms with E-state index in [1.807, 2.05) is 30.3 Å². The molecule has 0 aliphatic rings. The summed E-state index contributed by atoms with van der Waals surface area (Å²) in [6.07, 6.45) is 1.33. The molecule has 0 heterocycles. The van der Waals surface area contributed by atoms with Crippen molar-refractivity contribution in [3.8, 4) is 11.8 Å². The first-order valence-corrected chi connectivity index (χ1v) is 8.04. The van der Waals surface area contributed by atoms with Gasteiger partial charge in [0.05, 0.1) is 25.5 Å². The van der Waals surface area contributed by atoms with Crippen molar-refractivity contribution < 1.29 is 19.1 Å². The van der Waals surface area contributed by atoms with Gasteiger partial charge in [0.1, 0.15) is 17.4 Å². The lowest BCUT2D eigenvalue weighted by Gasteiger charge is -2.09. The summed E-state index contributed by atoms with van der Waals surface area (Å²) in [6, 6.07) is 15.7. The molecule has 0 saturated carbocycles. The van der Waals surface area contributed by atoms with Crippen LogP contribution < -0.4 is 15.4 Å². The Morgan fingerprint density at radius 3 is 2.63 bits per heavy atom. The number of anilines is 1. The molecule has 0 fully saturated rings. The lowest BCUT2D eigenvalue weighted by molar-refractivity contribution is -0.112. The molecule has 2 N–H and O–H groups in total. The van der Waals surface area contributed by atoms with E-state index in [4.69, 9.17) is 4.74 Å². The second-order valence-electron chi connectivity index (χ2n) is 5.39. The minimum absolute atomic E-state index is 0.127. The maximum absolute atomic E-state index is 12.3. The first kappa shape index (κ1) is 19.5. The number of hydrogen-bond donors (Lipinski definition) is 2. The zero-order valence-electron chi connectivity index (χ0n) is 15.0. The molecular weight excluding hydrogens is 346 g/mol. The number of nitrogens with one attached hydrogen (secondary N) is 2. The van der Waals surface area contributed by atoms with Crippen LogP contribution in [0, 0.1) is 11.3 Å². The van der Waals surface area contributed by atoms with E-state index in [1.54, 1.807) is 25.3 Å². The number of nitrogens with zero attached hydrogens (tertiary/aromatic N) is 1. The standard InChI is InChI=1S/C20H19N3O4/c1-26-16-7-5-6-14(10-16)12-22-13-15(11-21)19(24)23-18-9-4-3-8-17(18)20(25)27-2/h3-10,13,22H,12H2,1-2H3,(H,23,24)/b15-13-. The van der Waals surface area contributed by atoms with Gasteiger partial charge < -0.3 is 20.1 Å². The molecule has 0 spiro atoms. The molecule has 1 amide bonds. The molecular formula is C20H19N3O4. The fourth-order valence-electron chi connectivity index (χ4n) is 2.27. The number of amides is 1. The van der Waals surface area contributed by atoms with Crippen molar-refractivity contribution in [2.75, 3.05) is 19.5 Å². The first-order valence-electron chi connectivity index (χ1n) is 8.04. The summed E-state index contributed by atoms with van der Waals surface area (Å²) in [5.41, 5.74) is 1.27. The minimum atomic E-state index is -0.632. The van der Waals surface area contributed by atoms with Crippen molar-refractivity contribution in [2.24, 2.45) is 0 Å². The van der Waals surface area contributed by atoms with Crippen molar-refractivity contribution >= 4 is 17.6 Å². The number of nitriles is 1. The van der Waals surface area contributed by atoms with E-state index in [2.05, 4.69) is 15.4 Å². The van der Waals surface area contributed by atoms with E-state index in [9.17, 15) is 14.9 Å². The van der Waals surface area contributed by atoms with Gasteiger partial charge in [0.15, 0.2) is 0 Å². The summed E-state index contributed by atoms with van der Waals surface area (Å²) in [7, 11) is 2.83. The van der Waals surface area contributed by atoms with Crippen LogP contribution in [0.25, 0.3) is 0 Å². The van der Waals surface area contributed by atoms with Crippen molar-refractivity contribution in [3.05, 3.63) is 71.4 Å². The van der Waals surface area contributed by atoms with Crippen molar-refractivity contribution in [1.82, 2.24) is 5.32 Å². The molecule has 2 rings (SSSR count). The predicted molar refractivity (Wildman–Crippen MR) is 99.9 cm³/mol. The Balaban J connectivity index is 2.06. The van der Waals surface area contributed by atoms with Crippen LogP contribution in [0.3, 0.4) is 0 Å². The van der Waals surface area contributed by atoms with E-state index in [0.29, 0.717) is 6.54 Å². The topological polar surface area (TPSA) is 100 Å². The molecule has 0 unspecified atom stereocenters. The molecule has 2 aromatic carbocycles. The van der Waals surface area contributed by atoms with Crippen LogP contribution in [0.1, 0.15) is 15.9 Å². The van der Waals surface area contributed by atoms with E-state index in [0.717, 1.165) is 11.3 Å². The van der Waals surface area contributed by atoms with Gasteiger partial charge in [0.2, 0.25) is 0 Å². The summed E-state index contributed by atoms with van der Waals surface area (Å²) in [4.78, 5) is 24.1. The summed E-state index contributed by atoms with van der Waals surface area (Å²) in [5, 5.41) is 14.7. The fraction of sp³-hybridized carbons (Fsp3) is 0.150. The molecule has 0 aliphatic heterocycles. The van der Waals surface area contributed by atoms with E-state index >= 15 is 0 Å². The van der Waals surface area contributed by atoms with Gasteiger partial charge in [0, 0.05) is 12.7 Å². The van der Waals surface area contributed by atoms with Crippen LogP contribution in [0.4, 0.5) is 5.69 Å². The third-order valence-corrected chi connectivity index (χ3v) is 3.63. The first-order chi connectivity index (χ1) is 13.1. The Hall–Kier alpha value is -3.79. The predicted octanol–water partition coefficient (Wildman–Crippen LogP) is 2.62. The number of para-hydroxylation sites is 1. The van der Waals surface area contributed by atoms with Crippen LogP contribution in [0.5, 0.6) is 5.75 Å². The van der Waals surface area contributed by atoms with Crippen LogP contribution in [0.2, 0.25) is 0 Å². The molecule has 0 aromatic heterocycles. The highest BCUT2D eigenvalue weighted by molar-refractivity contribution is 6.09. The maximum atomic E-state index is 12.3. The van der Waals surface area contributed by atoms with Gasteiger partial charge in [0.25, 0.3) is 5.91 Å². The number of ether oxygens (including phenoxy) is 2. The number of carbonyl (C=O) groups is 2. The summed E-state index contributed by atoms with van der Waals surface area (Å²) < 4.78 is 9.84. The van der Waals surface area contributed by atoms with E-state index in [-0.39, 0.29) is 16.8 Å². The van der Waals surface area contributed by atoms with Gasteiger partial charge in [-0.3, -0.25) is 4.79 Å². The number of methoxy groups -OCH3 is 2.